The van der Waals surface area contributed by atoms with Gasteiger partial charge in [-0.3, -0.25) is 0 Å². The summed E-state index contributed by atoms with van der Waals surface area (Å²) in [6, 6.07) is 0. The van der Waals surface area contributed by atoms with Gasteiger partial charge in [-0.2, -0.15) is 0 Å². The third-order valence-corrected chi connectivity index (χ3v) is 2.12. The van der Waals surface area contributed by atoms with Gasteiger partial charge in [0.05, 0.1) is 11.2 Å². The summed E-state index contributed by atoms with van der Waals surface area (Å²) in [7, 11) is 0. The molecule has 0 aliphatic rings. The van der Waals surface area contributed by atoms with Crippen molar-refractivity contribution < 1.29 is 20.4 Å². The van der Waals surface area contributed by atoms with Gasteiger partial charge in [-0.25, -0.2) is 0 Å². The van der Waals surface area contributed by atoms with Gasteiger partial charge in [-0.1, -0.05) is 6.92 Å². The normalized spacial score (nSPS) is 12.4. The van der Waals surface area contributed by atoms with Crippen LogP contribution in [0.15, 0.2) is 0 Å². The van der Waals surface area contributed by atoms with Gasteiger partial charge in [-0.15, -0.1) is 0 Å². The molecule has 0 unspecified atom stereocenters. The Morgan fingerprint density at radius 3 is 1.07 bits per heavy atom. The number of rotatable bonds is 3. The van der Waals surface area contributed by atoms with Gasteiger partial charge >= 0.3 is 0 Å². The summed E-state index contributed by atoms with van der Waals surface area (Å²) in [6.07, 6.45) is 0. The Labute approximate surface area is 86.2 Å². The molecule has 0 fully saturated rings. The van der Waals surface area contributed by atoms with Crippen LogP contribution in [0.1, 0.15) is 34.6 Å². The minimum Gasteiger partial charge on any atom is -0.396 e. The van der Waals surface area contributed by atoms with E-state index in [1.54, 1.807) is 34.6 Å². The fourth-order valence-electron chi connectivity index (χ4n) is 0.0577. The van der Waals surface area contributed by atoms with Crippen LogP contribution in [0.5, 0.6) is 0 Å². The van der Waals surface area contributed by atoms with Gasteiger partial charge in [0.1, 0.15) is 0 Å². The number of aliphatic hydroxyl groups is 4. The van der Waals surface area contributed by atoms with E-state index in [4.69, 9.17) is 20.4 Å². The molecule has 0 rings (SSSR count). The van der Waals surface area contributed by atoms with Crippen LogP contribution >= 0.6 is 0 Å². The van der Waals surface area contributed by atoms with Crippen LogP contribution in [-0.4, -0.2) is 44.8 Å². The van der Waals surface area contributed by atoms with Crippen molar-refractivity contribution in [3.63, 3.8) is 0 Å². The fraction of sp³-hybridized carbons (Fsp3) is 1.00. The molecule has 0 spiro atoms. The Balaban J connectivity index is 0. The predicted octanol–water partition coefficient (Wildman–Crippen LogP) is 0.135. The lowest BCUT2D eigenvalue weighted by atomic mass is 9.90. The van der Waals surface area contributed by atoms with Crippen molar-refractivity contribution in [1.82, 2.24) is 0 Å². The smallest absolute Gasteiger partial charge is 0.0872 e. The van der Waals surface area contributed by atoms with Gasteiger partial charge in [0, 0.05) is 19.1 Å². The molecule has 0 aromatic heterocycles. The lowest BCUT2D eigenvalue weighted by Gasteiger charge is -2.31. The van der Waals surface area contributed by atoms with Crippen molar-refractivity contribution in [2.45, 2.75) is 45.8 Å². The topological polar surface area (TPSA) is 80.9 Å². The molecule has 4 nitrogen and oxygen atoms in total. The summed E-state index contributed by atoms with van der Waals surface area (Å²) in [4.78, 5) is 0. The molecule has 0 aliphatic carbocycles. The Kier molecular flexibility index (Phi) is 7.38. The van der Waals surface area contributed by atoms with Gasteiger partial charge in [-0.05, 0) is 27.7 Å². The third-order valence-electron chi connectivity index (χ3n) is 2.12. The van der Waals surface area contributed by atoms with E-state index in [1.807, 2.05) is 0 Å². The Morgan fingerprint density at radius 2 is 1.07 bits per heavy atom. The van der Waals surface area contributed by atoms with E-state index in [1.165, 1.54) is 0 Å². The molecule has 0 atom stereocenters. The number of hydrogen-bond acceptors (Lipinski definition) is 4. The van der Waals surface area contributed by atoms with Crippen molar-refractivity contribution in [2.24, 2.45) is 5.92 Å². The molecule has 0 aromatic rings. The van der Waals surface area contributed by atoms with E-state index in [0.717, 1.165) is 0 Å². The summed E-state index contributed by atoms with van der Waals surface area (Å²) < 4.78 is 0. The molecule has 0 saturated heterocycles. The van der Waals surface area contributed by atoms with E-state index in [-0.39, 0.29) is 19.1 Å². The molecule has 0 radical (unpaired) electrons. The molecule has 4 N–H and O–H groups in total. The van der Waals surface area contributed by atoms with Crippen LogP contribution in [-0.2, 0) is 0 Å². The minimum atomic E-state index is -1.01. The van der Waals surface area contributed by atoms with Crippen LogP contribution in [0.25, 0.3) is 0 Å². The number of hydrogen-bond donors (Lipinski definition) is 4. The van der Waals surface area contributed by atoms with Crippen molar-refractivity contribution in [2.75, 3.05) is 13.2 Å². The summed E-state index contributed by atoms with van der Waals surface area (Å²) in [5.74, 6) is 0.0463. The summed E-state index contributed by atoms with van der Waals surface area (Å²) in [6.45, 7) is 8.24. The fourth-order valence-corrected chi connectivity index (χ4v) is 0.0577. The van der Waals surface area contributed by atoms with Gasteiger partial charge in [0.25, 0.3) is 0 Å². The summed E-state index contributed by atoms with van der Waals surface area (Å²) in [5, 5.41) is 34.6. The highest BCUT2D eigenvalue weighted by Crippen LogP contribution is 2.19. The van der Waals surface area contributed by atoms with Crippen LogP contribution in [0.4, 0.5) is 0 Å². The highest BCUT2D eigenvalue weighted by Gasteiger charge is 2.31. The van der Waals surface area contributed by atoms with E-state index in [9.17, 15) is 0 Å². The lowest BCUT2D eigenvalue weighted by Crippen LogP contribution is -2.44. The highest BCUT2D eigenvalue weighted by molar-refractivity contribution is 4.84. The van der Waals surface area contributed by atoms with Crippen molar-refractivity contribution >= 4 is 0 Å². The van der Waals surface area contributed by atoms with Crippen molar-refractivity contribution in [1.29, 1.82) is 0 Å². The standard InChI is InChI=1S/C6H14O2.C4H10O2/c1-5(2,7)6(3,4)8;1-4(2-5)3-6/h7-8H,1-4H3;4-6H,2-3H2,1H3. The second-order valence-electron chi connectivity index (χ2n) is 4.59. The Hall–Kier alpha value is -0.160. The second kappa shape index (κ2) is 6.35. The number of aliphatic hydroxyl groups excluding tert-OH is 2. The molecule has 0 heterocycles. The highest BCUT2D eigenvalue weighted by atomic mass is 16.3. The maximum atomic E-state index is 9.10. The largest absolute Gasteiger partial charge is 0.396 e. The molecular formula is C10H24O4. The summed E-state index contributed by atoms with van der Waals surface area (Å²) >= 11 is 0. The Bertz CT molecular complexity index is 116. The molecule has 0 aliphatic heterocycles. The van der Waals surface area contributed by atoms with Crippen LogP contribution < -0.4 is 0 Å². The molecule has 88 valence electrons. The molecule has 14 heavy (non-hydrogen) atoms. The maximum Gasteiger partial charge on any atom is 0.0872 e. The zero-order valence-corrected chi connectivity index (χ0v) is 9.78. The molecule has 0 aromatic carbocycles. The summed E-state index contributed by atoms with van der Waals surface area (Å²) in [5.41, 5.74) is -2.01. The zero-order valence-electron chi connectivity index (χ0n) is 9.78. The lowest BCUT2D eigenvalue weighted by molar-refractivity contribution is -0.107. The van der Waals surface area contributed by atoms with Crippen LogP contribution in [0, 0.1) is 5.92 Å². The molecule has 0 amide bonds. The molecule has 4 heteroatoms. The van der Waals surface area contributed by atoms with Gasteiger partial charge in [0.2, 0.25) is 0 Å². The van der Waals surface area contributed by atoms with Crippen molar-refractivity contribution in [3.05, 3.63) is 0 Å². The van der Waals surface area contributed by atoms with Gasteiger partial charge in [0.15, 0.2) is 0 Å². The molecule has 0 bridgehead atoms. The Morgan fingerprint density at radius 1 is 0.857 bits per heavy atom. The van der Waals surface area contributed by atoms with Gasteiger partial charge < -0.3 is 20.4 Å². The van der Waals surface area contributed by atoms with E-state index in [0.29, 0.717) is 0 Å². The third kappa shape index (κ3) is 8.44. The molecular weight excluding hydrogens is 184 g/mol. The first-order valence-corrected chi connectivity index (χ1v) is 4.72. The maximum absolute atomic E-state index is 9.10. The first kappa shape index (κ1) is 16.3. The first-order valence-electron chi connectivity index (χ1n) is 4.72. The first-order chi connectivity index (χ1) is 6.06. The predicted molar refractivity (Wildman–Crippen MR) is 55.9 cm³/mol. The second-order valence-corrected chi connectivity index (χ2v) is 4.59. The van der Waals surface area contributed by atoms with Crippen molar-refractivity contribution in [3.8, 4) is 0 Å². The SMILES string of the molecule is CC(C)(O)C(C)(C)O.CC(CO)CO. The average Bonchev–Trinajstić information content (AvgIpc) is 2.00. The van der Waals surface area contributed by atoms with E-state index >= 15 is 0 Å². The molecule has 0 saturated carbocycles. The monoisotopic (exact) mass is 208 g/mol. The van der Waals surface area contributed by atoms with E-state index in [2.05, 4.69) is 0 Å². The van der Waals surface area contributed by atoms with E-state index < -0.39 is 11.2 Å². The van der Waals surface area contributed by atoms with Crippen LogP contribution in [0.3, 0.4) is 0 Å². The zero-order chi connectivity index (χ0) is 12.0. The van der Waals surface area contributed by atoms with Crippen LogP contribution in [0.2, 0.25) is 0 Å². The average molecular weight is 208 g/mol. The quantitative estimate of drug-likeness (QED) is 0.531. The minimum absolute atomic E-state index is 0.0463.